The maximum atomic E-state index is 12.9. The molecule has 0 bridgehead atoms. The Labute approximate surface area is 174 Å². The van der Waals surface area contributed by atoms with Gasteiger partial charge < -0.3 is 10.6 Å². The Hall–Kier alpha value is -2.32. The standard InChI is InChI=1S/C21H22N2O4S2/c24-20(22-15-8-9-15)14-4-3-5-16(12-14)23-21(25)18-6-1-2-7-19(18)28-17-10-11-29(26,27)13-17/h1-7,12,15,17H,8-11,13H2,(H,22,24)(H,23,25)/t17-/m0/s1. The molecule has 1 saturated carbocycles. The van der Waals surface area contributed by atoms with E-state index in [0.29, 0.717) is 23.2 Å². The van der Waals surface area contributed by atoms with Crippen LogP contribution in [0.5, 0.6) is 0 Å². The third kappa shape index (κ3) is 5.19. The maximum Gasteiger partial charge on any atom is 0.256 e. The largest absolute Gasteiger partial charge is 0.349 e. The number of benzene rings is 2. The van der Waals surface area contributed by atoms with E-state index in [1.54, 1.807) is 36.4 Å². The summed E-state index contributed by atoms with van der Waals surface area (Å²) < 4.78 is 23.4. The molecule has 2 aliphatic rings. The molecule has 2 aromatic carbocycles. The number of anilines is 1. The summed E-state index contributed by atoms with van der Waals surface area (Å²) in [5.74, 6) is -0.0729. The predicted octanol–water partition coefficient (Wildman–Crippen LogP) is 3.11. The molecule has 2 fully saturated rings. The van der Waals surface area contributed by atoms with Crippen LogP contribution in [0.15, 0.2) is 53.4 Å². The van der Waals surface area contributed by atoms with Crippen molar-refractivity contribution < 1.29 is 18.0 Å². The highest BCUT2D eigenvalue weighted by atomic mass is 32.2. The third-order valence-corrected chi connectivity index (χ3v) is 8.24. The fourth-order valence-corrected chi connectivity index (χ4v) is 6.85. The molecule has 0 aromatic heterocycles. The lowest BCUT2D eigenvalue weighted by molar-refractivity contribution is 0.0949. The second-order valence-electron chi connectivity index (χ2n) is 7.42. The van der Waals surface area contributed by atoms with Crippen LogP contribution < -0.4 is 10.6 Å². The molecule has 0 unspecified atom stereocenters. The highest BCUT2D eigenvalue weighted by Crippen LogP contribution is 2.33. The fraction of sp³-hybridized carbons (Fsp3) is 0.333. The van der Waals surface area contributed by atoms with Crippen molar-refractivity contribution in [2.45, 2.75) is 35.4 Å². The van der Waals surface area contributed by atoms with Gasteiger partial charge in [-0.15, -0.1) is 11.8 Å². The van der Waals surface area contributed by atoms with Crippen molar-refractivity contribution >= 4 is 39.1 Å². The number of amides is 2. The summed E-state index contributed by atoms with van der Waals surface area (Å²) in [6, 6.07) is 14.3. The number of sulfone groups is 1. The van der Waals surface area contributed by atoms with Gasteiger partial charge in [0.05, 0.1) is 17.1 Å². The van der Waals surface area contributed by atoms with Crippen LogP contribution in [0.3, 0.4) is 0 Å². The van der Waals surface area contributed by atoms with E-state index in [-0.39, 0.29) is 34.6 Å². The van der Waals surface area contributed by atoms with Crippen molar-refractivity contribution in [1.29, 1.82) is 0 Å². The molecule has 6 nitrogen and oxygen atoms in total. The Morgan fingerprint density at radius 2 is 1.76 bits per heavy atom. The van der Waals surface area contributed by atoms with Crippen molar-refractivity contribution in [3.63, 3.8) is 0 Å². The second-order valence-corrected chi connectivity index (χ2v) is 11.0. The number of rotatable bonds is 6. The van der Waals surface area contributed by atoms with Crippen molar-refractivity contribution in [2.24, 2.45) is 0 Å². The molecule has 8 heteroatoms. The summed E-state index contributed by atoms with van der Waals surface area (Å²) in [7, 11) is -2.97. The molecule has 0 spiro atoms. The molecule has 2 amide bonds. The van der Waals surface area contributed by atoms with Gasteiger partial charge in [-0.05, 0) is 49.6 Å². The van der Waals surface area contributed by atoms with Gasteiger partial charge in [0.25, 0.3) is 11.8 Å². The monoisotopic (exact) mass is 430 g/mol. The van der Waals surface area contributed by atoms with E-state index in [2.05, 4.69) is 10.6 Å². The molecule has 2 aromatic rings. The summed E-state index contributed by atoms with van der Waals surface area (Å²) in [5.41, 5.74) is 1.55. The number of carbonyl (C=O) groups is 2. The Morgan fingerprint density at radius 1 is 0.966 bits per heavy atom. The fourth-order valence-electron chi connectivity index (χ4n) is 3.22. The van der Waals surface area contributed by atoms with E-state index in [1.807, 2.05) is 12.1 Å². The molecule has 29 heavy (non-hydrogen) atoms. The molecular weight excluding hydrogens is 408 g/mol. The molecule has 0 radical (unpaired) electrons. The van der Waals surface area contributed by atoms with E-state index in [0.717, 1.165) is 17.7 Å². The average molecular weight is 431 g/mol. The van der Waals surface area contributed by atoms with Gasteiger partial charge in [0, 0.05) is 27.4 Å². The smallest absolute Gasteiger partial charge is 0.256 e. The van der Waals surface area contributed by atoms with E-state index in [1.165, 1.54) is 11.8 Å². The van der Waals surface area contributed by atoms with Gasteiger partial charge in [-0.1, -0.05) is 18.2 Å². The maximum absolute atomic E-state index is 12.9. The number of nitrogens with one attached hydrogen (secondary N) is 2. The summed E-state index contributed by atoms with van der Waals surface area (Å²) in [4.78, 5) is 25.8. The highest BCUT2D eigenvalue weighted by molar-refractivity contribution is 8.02. The predicted molar refractivity (Wildman–Crippen MR) is 114 cm³/mol. The van der Waals surface area contributed by atoms with Gasteiger partial charge >= 0.3 is 0 Å². The molecule has 1 heterocycles. The van der Waals surface area contributed by atoms with Crippen LogP contribution >= 0.6 is 11.8 Å². The zero-order valence-corrected chi connectivity index (χ0v) is 17.4. The van der Waals surface area contributed by atoms with Gasteiger partial charge in [0.1, 0.15) is 0 Å². The summed E-state index contributed by atoms with van der Waals surface area (Å²) in [6.45, 7) is 0. The first-order valence-corrected chi connectivity index (χ1v) is 12.3. The first-order chi connectivity index (χ1) is 13.9. The lowest BCUT2D eigenvalue weighted by Crippen LogP contribution is -2.25. The van der Waals surface area contributed by atoms with Crippen LogP contribution in [0.2, 0.25) is 0 Å². The van der Waals surface area contributed by atoms with Crippen molar-refractivity contribution in [1.82, 2.24) is 5.32 Å². The van der Waals surface area contributed by atoms with Gasteiger partial charge in [0.15, 0.2) is 9.84 Å². The topological polar surface area (TPSA) is 92.3 Å². The summed E-state index contributed by atoms with van der Waals surface area (Å²) >= 11 is 1.44. The van der Waals surface area contributed by atoms with Crippen molar-refractivity contribution in [3.8, 4) is 0 Å². The molecule has 1 aliphatic carbocycles. The summed E-state index contributed by atoms with van der Waals surface area (Å²) in [6.07, 6.45) is 2.62. The highest BCUT2D eigenvalue weighted by Gasteiger charge is 2.29. The minimum absolute atomic E-state index is 0.0385. The Bertz CT molecular complexity index is 1050. The summed E-state index contributed by atoms with van der Waals surface area (Å²) in [5, 5.41) is 5.75. The van der Waals surface area contributed by atoms with Crippen molar-refractivity contribution in [3.05, 3.63) is 59.7 Å². The van der Waals surface area contributed by atoms with Crippen molar-refractivity contribution in [2.75, 3.05) is 16.8 Å². The second kappa shape index (κ2) is 8.20. The Balaban J connectivity index is 1.47. The van der Waals surface area contributed by atoms with E-state index < -0.39 is 9.84 Å². The molecule has 152 valence electrons. The minimum atomic E-state index is -2.97. The molecule has 2 N–H and O–H groups in total. The van der Waals surface area contributed by atoms with Gasteiger partial charge in [0.2, 0.25) is 0 Å². The minimum Gasteiger partial charge on any atom is -0.349 e. The number of hydrogen-bond acceptors (Lipinski definition) is 5. The lowest BCUT2D eigenvalue weighted by Gasteiger charge is -2.13. The van der Waals surface area contributed by atoms with E-state index >= 15 is 0 Å². The van der Waals surface area contributed by atoms with Crippen LogP contribution in [-0.2, 0) is 9.84 Å². The van der Waals surface area contributed by atoms with Crippen LogP contribution in [0.4, 0.5) is 5.69 Å². The molecular formula is C21H22N2O4S2. The van der Waals surface area contributed by atoms with Crippen LogP contribution in [0.25, 0.3) is 0 Å². The van der Waals surface area contributed by atoms with Crippen LogP contribution in [0.1, 0.15) is 40.0 Å². The van der Waals surface area contributed by atoms with E-state index in [9.17, 15) is 18.0 Å². The first-order valence-electron chi connectivity index (χ1n) is 9.58. The first kappa shape index (κ1) is 20.0. The SMILES string of the molecule is O=C(NC1CC1)c1cccc(NC(=O)c2ccccc2S[C@H]2CCS(=O)(=O)C2)c1. The van der Waals surface area contributed by atoms with Gasteiger partial charge in [-0.3, -0.25) is 9.59 Å². The Morgan fingerprint density at radius 3 is 2.48 bits per heavy atom. The number of hydrogen-bond donors (Lipinski definition) is 2. The molecule has 1 saturated heterocycles. The van der Waals surface area contributed by atoms with Gasteiger partial charge in [-0.2, -0.15) is 0 Å². The van der Waals surface area contributed by atoms with E-state index in [4.69, 9.17) is 0 Å². The molecule has 4 rings (SSSR count). The average Bonchev–Trinajstić information content (AvgIpc) is 3.44. The number of thioether (sulfide) groups is 1. The Kier molecular flexibility index (Phi) is 5.65. The zero-order valence-electron chi connectivity index (χ0n) is 15.8. The van der Waals surface area contributed by atoms with Crippen LogP contribution in [-0.4, -0.2) is 43.0 Å². The van der Waals surface area contributed by atoms with Crippen LogP contribution in [0, 0.1) is 0 Å². The zero-order chi connectivity index (χ0) is 20.4. The lowest BCUT2D eigenvalue weighted by atomic mass is 10.1. The third-order valence-electron chi connectivity index (χ3n) is 4.91. The van der Waals surface area contributed by atoms with Gasteiger partial charge in [-0.25, -0.2) is 8.42 Å². The quantitative estimate of drug-likeness (QED) is 0.735. The molecule has 1 aliphatic heterocycles. The normalized spacial score (nSPS) is 20.2. The molecule has 1 atom stereocenters. The number of carbonyl (C=O) groups excluding carboxylic acids is 2.